The molecule has 7 heteroatoms. The topological polar surface area (TPSA) is 93.1 Å². The Bertz CT molecular complexity index is 151. The molecule has 0 aromatic carbocycles. The van der Waals surface area contributed by atoms with Crippen LogP contribution in [0, 0.1) is 0 Å². The summed E-state index contributed by atoms with van der Waals surface area (Å²) in [6, 6.07) is 0. The summed E-state index contributed by atoms with van der Waals surface area (Å²) in [5, 5.41) is 7.55. The zero-order chi connectivity index (χ0) is 7.49. The van der Waals surface area contributed by atoms with Crippen LogP contribution in [0.1, 0.15) is 6.92 Å². The lowest BCUT2D eigenvalue weighted by Crippen LogP contribution is -1.97. The fourth-order valence-electron chi connectivity index (χ4n) is 0.179. The Morgan fingerprint density at radius 3 is 2.22 bits per heavy atom. The summed E-state index contributed by atoms with van der Waals surface area (Å²) in [5.74, 6) is -1.00. The quantitative estimate of drug-likeness (QED) is 0.335. The highest BCUT2D eigenvalue weighted by molar-refractivity contribution is 7.47. The normalized spacial score (nSPS) is 16.3. The summed E-state index contributed by atoms with van der Waals surface area (Å²) in [5.41, 5.74) is 0. The van der Waals surface area contributed by atoms with E-state index in [1.54, 1.807) is 0 Å². The van der Waals surface area contributed by atoms with E-state index in [0.29, 0.717) is 0 Å². The maximum atomic E-state index is 10.0. The maximum absolute atomic E-state index is 10.0. The van der Waals surface area contributed by atoms with Gasteiger partial charge in [-0.05, 0) is 0 Å². The first kappa shape index (κ1) is 8.58. The van der Waals surface area contributed by atoms with E-state index in [0.717, 1.165) is 6.92 Å². The van der Waals surface area contributed by atoms with E-state index in [-0.39, 0.29) is 0 Å². The molecule has 0 fully saturated rings. The van der Waals surface area contributed by atoms with Crippen LogP contribution in [-0.4, -0.2) is 16.1 Å². The van der Waals surface area contributed by atoms with Gasteiger partial charge in [-0.2, -0.15) is 0 Å². The van der Waals surface area contributed by atoms with Crippen LogP contribution >= 0.6 is 7.82 Å². The van der Waals surface area contributed by atoms with Gasteiger partial charge in [0.15, 0.2) is 0 Å². The second-order valence-corrected chi connectivity index (χ2v) is 2.42. The third kappa shape index (κ3) is 4.11. The Kier molecular flexibility index (Phi) is 2.80. The van der Waals surface area contributed by atoms with E-state index in [4.69, 9.17) is 10.2 Å². The Labute approximate surface area is 50.6 Å². The highest BCUT2D eigenvalue weighted by atomic mass is 31.2. The lowest BCUT2D eigenvalue weighted by Gasteiger charge is -2.02. The van der Waals surface area contributed by atoms with Gasteiger partial charge in [-0.25, -0.2) is 9.82 Å². The van der Waals surface area contributed by atoms with Gasteiger partial charge in [-0.1, -0.05) is 0 Å². The molecule has 0 amide bonds. The number of rotatable bonds is 2. The van der Waals surface area contributed by atoms with Crippen LogP contribution in [-0.2, 0) is 18.6 Å². The van der Waals surface area contributed by atoms with Crippen molar-refractivity contribution in [2.75, 3.05) is 0 Å². The van der Waals surface area contributed by atoms with Crippen molar-refractivity contribution in [3.05, 3.63) is 0 Å². The summed E-state index contributed by atoms with van der Waals surface area (Å²) in [4.78, 5) is 18.0. The molecule has 0 aliphatic rings. The number of carbonyl (C=O) groups excluding carboxylic acids is 1. The maximum Gasteiger partial charge on any atom is 0.557 e. The van der Waals surface area contributed by atoms with Crippen molar-refractivity contribution >= 4 is 13.8 Å². The molecule has 0 rings (SSSR count). The van der Waals surface area contributed by atoms with Crippen molar-refractivity contribution in [1.82, 2.24) is 0 Å². The van der Waals surface area contributed by atoms with Crippen LogP contribution in [0.5, 0.6) is 0 Å². The summed E-state index contributed by atoms with van der Waals surface area (Å²) in [6.45, 7) is 0.905. The average Bonchev–Trinajstić information content (AvgIpc) is 1.63. The van der Waals surface area contributed by atoms with E-state index in [1.807, 2.05) is 0 Å². The molecular weight excluding hydrogens is 151 g/mol. The van der Waals surface area contributed by atoms with Crippen LogP contribution in [0.25, 0.3) is 0 Å². The number of phosphoric acid groups is 1. The molecule has 0 spiro atoms. The smallest absolute Gasteiger partial charge is 0.369 e. The molecule has 1 atom stereocenters. The largest absolute Gasteiger partial charge is 0.557 e. The molecule has 0 radical (unpaired) electrons. The molecule has 0 saturated carbocycles. The minimum atomic E-state index is -4.52. The van der Waals surface area contributed by atoms with Crippen molar-refractivity contribution < 1.29 is 28.7 Å². The second kappa shape index (κ2) is 2.93. The summed E-state index contributed by atoms with van der Waals surface area (Å²) < 4.78 is 16.5. The Morgan fingerprint density at radius 1 is 1.67 bits per heavy atom. The minimum absolute atomic E-state index is 0.905. The van der Waals surface area contributed by atoms with Crippen molar-refractivity contribution in [2.24, 2.45) is 0 Å². The highest BCUT2D eigenvalue weighted by Gasteiger charge is 2.23. The molecule has 2 N–H and O–H groups in total. The van der Waals surface area contributed by atoms with E-state index < -0.39 is 13.8 Å². The Morgan fingerprint density at radius 2 is 2.11 bits per heavy atom. The van der Waals surface area contributed by atoms with Crippen LogP contribution in [0.15, 0.2) is 0 Å². The molecule has 0 heterocycles. The van der Waals surface area contributed by atoms with Gasteiger partial charge in [0.1, 0.15) is 0 Å². The molecule has 0 aromatic heterocycles. The average molecular weight is 156 g/mol. The van der Waals surface area contributed by atoms with Crippen molar-refractivity contribution in [3.63, 3.8) is 0 Å². The molecule has 0 aliphatic carbocycles. The zero-order valence-electron chi connectivity index (χ0n) is 4.47. The molecule has 0 aliphatic heterocycles. The van der Waals surface area contributed by atoms with E-state index in [9.17, 15) is 9.36 Å². The first-order valence-electron chi connectivity index (χ1n) is 1.84. The van der Waals surface area contributed by atoms with Gasteiger partial charge in [-0.3, -0.25) is 9.69 Å². The Balaban J connectivity index is 3.88. The predicted octanol–water partition coefficient (Wildman–Crippen LogP) is 0.139. The minimum Gasteiger partial charge on any atom is -0.369 e. The SMILES string of the molecule is CC(=O)OP(=O)(O)OO. The zero-order valence-corrected chi connectivity index (χ0v) is 5.37. The summed E-state index contributed by atoms with van der Waals surface area (Å²) >= 11 is 0. The van der Waals surface area contributed by atoms with E-state index in [1.165, 1.54) is 0 Å². The lowest BCUT2D eigenvalue weighted by atomic mass is 10.9. The van der Waals surface area contributed by atoms with Crippen molar-refractivity contribution in [2.45, 2.75) is 6.92 Å². The molecular formula is C2H5O6P. The highest BCUT2D eigenvalue weighted by Crippen LogP contribution is 2.41. The molecule has 9 heavy (non-hydrogen) atoms. The van der Waals surface area contributed by atoms with Gasteiger partial charge in [0, 0.05) is 6.92 Å². The molecule has 0 bridgehead atoms. The summed E-state index contributed by atoms with van der Waals surface area (Å²) in [6.07, 6.45) is 0. The summed E-state index contributed by atoms with van der Waals surface area (Å²) in [7, 11) is -4.52. The standard InChI is InChI=1S/C2H5O6P/c1-2(3)7-9(5,6)8-4/h4H,1H3,(H,5,6). The van der Waals surface area contributed by atoms with Crippen LogP contribution in [0.4, 0.5) is 0 Å². The molecule has 1 unspecified atom stereocenters. The fraction of sp³-hybridized carbons (Fsp3) is 0.500. The first-order chi connectivity index (χ1) is 3.98. The van der Waals surface area contributed by atoms with Crippen molar-refractivity contribution in [3.8, 4) is 0 Å². The third-order valence-electron chi connectivity index (χ3n) is 0.347. The molecule has 6 nitrogen and oxygen atoms in total. The van der Waals surface area contributed by atoms with Gasteiger partial charge in [-0.15, -0.1) is 4.67 Å². The molecule has 0 aromatic rings. The van der Waals surface area contributed by atoms with Gasteiger partial charge >= 0.3 is 13.8 Å². The Hall–Kier alpha value is -0.420. The first-order valence-corrected chi connectivity index (χ1v) is 3.33. The van der Waals surface area contributed by atoms with E-state index >= 15 is 0 Å². The second-order valence-electron chi connectivity index (χ2n) is 1.13. The van der Waals surface area contributed by atoms with Crippen LogP contribution in [0.2, 0.25) is 0 Å². The lowest BCUT2D eigenvalue weighted by molar-refractivity contribution is -0.168. The van der Waals surface area contributed by atoms with Gasteiger partial charge in [0.05, 0.1) is 0 Å². The van der Waals surface area contributed by atoms with Crippen LogP contribution in [0.3, 0.4) is 0 Å². The fourth-order valence-corrected chi connectivity index (χ4v) is 0.537. The number of phosphoric ester groups is 1. The third-order valence-corrected chi connectivity index (χ3v) is 1.04. The van der Waals surface area contributed by atoms with Gasteiger partial charge in [0.25, 0.3) is 0 Å². The number of carbonyl (C=O) groups is 1. The van der Waals surface area contributed by atoms with Crippen LogP contribution < -0.4 is 0 Å². The van der Waals surface area contributed by atoms with E-state index in [2.05, 4.69) is 9.20 Å². The van der Waals surface area contributed by atoms with Gasteiger partial charge in [0.2, 0.25) is 0 Å². The van der Waals surface area contributed by atoms with Crippen molar-refractivity contribution in [1.29, 1.82) is 0 Å². The monoisotopic (exact) mass is 156 g/mol. The number of hydrogen-bond donors (Lipinski definition) is 2. The molecule has 54 valence electrons. The van der Waals surface area contributed by atoms with Gasteiger partial charge < -0.3 is 4.52 Å². The predicted molar refractivity (Wildman–Crippen MR) is 25.3 cm³/mol. The molecule has 0 saturated heterocycles. The number of hydrogen-bond acceptors (Lipinski definition) is 5.